The van der Waals surface area contributed by atoms with Crippen molar-refractivity contribution in [3.8, 4) is 0 Å². The van der Waals surface area contributed by atoms with Gasteiger partial charge in [0.1, 0.15) is 0 Å². The molecule has 2 rings (SSSR count). The summed E-state index contributed by atoms with van der Waals surface area (Å²) in [6.07, 6.45) is 0. The molecule has 1 N–H and O–H groups in total. The van der Waals surface area contributed by atoms with Gasteiger partial charge in [-0.1, -0.05) is 41.4 Å². The van der Waals surface area contributed by atoms with E-state index in [1.54, 1.807) is 24.3 Å². The molecule has 0 heterocycles. The maximum absolute atomic E-state index is 12.0. The van der Waals surface area contributed by atoms with Crippen molar-refractivity contribution in [2.75, 3.05) is 5.32 Å². The van der Waals surface area contributed by atoms with Crippen LogP contribution in [0, 0.1) is 3.57 Å². The molecular weight excluding hydrogens is 384 g/mol. The number of benzene rings is 2. The zero-order chi connectivity index (χ0) is 13.1. The summed E-state index contributed by atoms with van der Waals surface area (Å²) in [5.74, 6) is -0.188. The van der Waals surface area contributed by atoms with Crippen LogP contribution < -0.4 is 5.32 Å². The summed E-state index contributed by atoms with van der Waals surface area (Å²) in [7, 11) is 0. The number of halogens is 3. The lowest BCUT2D eigenvalue weighted by molar-refractivity contribution is 0.102. The van der Waals surface area contributed by atoms with E-state index in [1.165, 1.54) is 0 Å². The molecule has 0 aliphatic rings. The number of rotatable bonds is 2. The molecule has 18 heavy (non-hydrogen) atoms. The van der Waals surface area contributed by atoms with E-state index in [9.17, 15) is 4.79 Å². The first kappa shape index (κ1) is 13.6. The molecule has 0 fully saturated rings. The van der Waals surface area contributed by atoms with Gasteiger partial charge in [0.05, 0.1) is 14.3 Å². The van der Waals surface area contributed by atoms with E-state index in [4.69, 9.17) is 23.2 Å². The van der Waals surface area contributed by atoms with Gasteiger partial charge < -0.3 is 5.32 Å². The van der Waals surface area contributed by atoms with Crippen LogP contribution in [-0.2, 0) is 0 Å². The quantitative estimate of drug-likeness (QED) is 0.575. The minimum Gasteiger partial charge on any atom is -0.321 e. The first-order valence-corrected chi connectivity index (χ1v) is 6.92. The SMILES string of the molecule is O=C(Nc1cc(Cl)cc(Cl)c1I)c1ccccc1. The number of hydrogen-bond acceptors (Lipinski definition) is 1. The highest BCUT2D eigenvalue weighted by Gasteiger charge is 2.11. The highest BCUT2D eigenvalue weighted by atomic mass is 127. The molecule has 0 aliphatic carbocycles. The second kappa shape index (κ2) is 5.91. The Morgan fingerprint density at radius 3 is 2.44 bits per heavy atom. The summed E-state index contributed by atoms with van der Waals surface area (Å²) in [6, 6.07) is 12.3. The van der Waals surface area contributed by atoms with E-state index in [1.807, 2.05) is 18.2 Å². The van der Waals surface area contributed by atoms with Gasteiger partial charge >= 0.3 is 0 Å². The molecule has 0 bridgehead atoms. The number of nitrogens with one attached hydrogen (secondary N) is 1. The van der Waals surface area contributed by atoms with Crippen molar-refractivity contribution in [2.45, 2.75) is 0 Å². The Hall–Kier alpha value is -0.780. The highest BCUT2D eigenvalue weighted by molar-refractivity contribution is 14.1. The zero-order valence-corrected chi connectivity index (χ0v) is 12.8. The van der Waals surface area contributed by atoms with Crippen molar-refractivity contribution in [1.29, 1.82) is 0 Å². The van der Waals surface area contributed by atoms with Gasteiger partial charge in [0.2, 0.25) is 0 Å². The normalized spacial score (nSPS) is 10.2. The van der Waals surface area contributed by atoms with Crippen molar-refractivity contribution in [3.05, 3.63) is 61.6 Å². The molecule has 5 heteroatoms. The van der Waals surface area contributed by atoms with Crippen molar-refractivity contribution < 1.29 is 4.79 Å². The molecule has 2 nitrogen and oxygen atoms in total. The van der Waals surface area contributed by atoms with Crippen LogP contribution in [0.4, 0.5) is 5.69 Å². The summed E-state index contributed by atoms with van der Waals surface area (Å²) in [5, 5.41) is 3.80. The van der Waals surface area contributed by atoms with Gasteiger partial charge in [0, 0.05) is 10.6 Å². The molecular formula is C13H8Cl2INO. The van der Waals surface area contributed by atoms with Gasteiger partial charge in [-0.05, 0) is 46.9 Å². The molecule has 0 unspecified atom stereocenters. The van der Waals surface area contributed by atoms with Gasteiger partial charge in [-0.25, -0.2) is 0 Å². The molecule has 0 atom stereocenters. The van der Waals surface area contributed by atoms with Crippen LogP contribution in [0.3, 0.4) is 0 Å². The average molecular weight is 392 g/mol. The van der Waals surface area contributed by atoms with Crippen LogP contribution in [0.5, 0.6) is 0 Å². The van der Waals surface area contributed by atoms with Gasteiger partial charge in [0.15, 0.2) is 0 Å². The fraction of sp³-hybridized carbons (Fsp3) is 0. The second-order valence-corrected chi connectivity index (χ2v) is 5.49. The van der Waals surface area contributed by atoms with Crippen molar-refractivity contribution in [3.63, 3.8) is 0 Å². The average Bonchev–Trinajstić information content (AvgIpc) is 2.36. The third-order valence-corrected chi connectivity index (χ3v) is 4.27. The fourth-order valence-corrected chi connectivity index (χ4v) is 2.37. The van der Waals surface area contributed by atoms with E-state index in [-0.39, 0.29) is 5.91 Å². The number of hydrogen-bond donors (Lipinski definition) is 1. The lowest BCUT2D eigenvalue weighted by Gasteiger charge is -2.09. The second-order valence-electron chi connectivity index (χ2n) is 3.57. The first-order chi connectivity index (χ1) is 8.58. The maximum Gasteiger partial charge on any atom is 0.255 e. The number of carbonyl (C=O) groups excluding carboxylic acids is 1. The molecule has 0 aliphatic heterocycles. The predicted octanol–water partition coefficient (Wildman–Crippen LogP) is 4.85. The number of amides is 1. The summed E-state index contributed by atoms with van der Waals surface area (Å²) in [6.45, 7) is 0. The number of carbonyl (C=O) groups is 1. The lowest BCUT2D eigenvalue weighted by atomic mass is 10.2. The van der Waals surface area contributed by atoms with Gasteiger partial charge in [0.25, 0.3) is 5.91 Å². The largest absolute Gasteiger partial charge is 0.321 e. The Balaban J connectivity index is 2.28. The van der Waals surface area contributed by atoms with E-state index < -0.39 is 0 Å². The molecule has 0 saturated carbocycles. The third-order valence-electron chi connectivity index (χ3n) is 2.28. The Morgan fingerprint density at radius 1 is 1.11 bits per heavy atom. The standard InChI is InChI=1S/C13H8Cl2INO/c14-9-6-10(15)12(16)11(7-9)17-13(18)8-4-2-1-3-5-8/h1-7H,(H,17,18). The van der Waals surface area contributed by atoms with Crippen LogP contribution in [0.1, 0.15) is 10.4 Å². The summed E-state index contributed by atoms with van der Waals surface area (Å²) < 4.78 is 0.767. The lowest BCUT2D eigenvalue weighted by Crippen LogP contribution is -2.12. The molecule has 0 saturated heterocycles. The molecule has 2 aromatic carbocycles. The van der Waals surface area contributed by atoms with E-state index in [0.717, 1.165) is 3.57 Å². The zero-order valence-electron chi connectivity index (χ0n) is 9.08. The molecule has 1 amide bonds. The minimum atomic E-state index is -0.188. The smallest absolute Gasteiger partial charge is 0.255 e. The Labute approximate surface area is 128 Å². The van der Waals surface area contributed by atoms with Gasteiger partial charge in [-0.2, -0.15) is 0 Å². The molecule has 0 aromatic heterocycles. The Bertz CT molecular complexity index is 587. The molecule has 92 valence electrons. The third kappa shape index (κ3) is 3.16. The van der Waals surface area contributed by atoms with Crippen molar-refractivity contribution in [2.24, 2.45) is 0 Å². The number of anilines is 1. The van der Waals surface area contributed by atoms with Crippen LogP contribution in [0.15, 0.2) is 42.5 Å². The Kier molecular flexibility index (Phi) is 4.48. The predicted molar refractivity (Wildman–Crippen MR) is 83.6 cm³/mol. The van der Waals surface area contributed by atoms with Crippen LogP contribution in [0.25, 0.3) is 0 Å². The minimum absolute atomic E-state index is 0.188. The summed E-state index contributed by atoms with van der Waals surface area (Å²) >= 11 is 14.0. The van der Waals surface area contributed by atoms with E-state index in [0.29, 0.717) is 21.3 Å². The molecule has 2 aromatic rings. The highest BCUT2D eigenvalue weighted by Crippen LogP contribution is 2.30. The van der Waals surface area contributed by atoms with Gasteiger partial charge in [-0.3, -0.25) is 4.79 Å². The van der Waals surface area contributed by atoms with Crippen molar-refractivity contribution in [1.82, 2.24) is 0 Å². The van der Waals surface area contributed by atoms with Crippen LogP contribution in [0.2, 0.25) is 10.0 Å². The maximum atomic E-state index is 12.0. The molecule has 0 spiro atoms. The van der Waals surface area contributed by atoms with E-state index >= 15 is 0 Å². The van der Waals surface area contributed by atoms with Crippen molar-refractivity contribution >= 4 is 57.4 Å². The topological polar surface area (TPSA) is 29.1 Å². The van der Waals surface area contributed by atoms with Gasteiger partial charge in [-0.15, -0.1) is 0 Å². The van der Waals surface area contributed by atoms with Crippen LogP contribution >= 0.6 is 45.8 Å². The Morgan fingerprint density at radius 2 is 1.78 bits per heavy atom. The summed E-state index contributed by atoms with van der Waals surface area (Å²) in [5.41, 5.74) is 1.20. The first-order valence-electron chi connectivity index (χ1n) is 5.09. The summed E-state index contributed by atoms with van der Waals surface area (Å²) in [4.78, 5) is 12.0. The van der Waals surface area contributed by atoms with E-state index in [2.05, 4.69) is 27.9 Å². The monoisotopic (exact) mass is 391 g/mol. The fourth-order valence-electron chi connectivity index (χ4n) is 1.43. The molecule has 0 radical (unpaired) electrons. The van der Waals surface area contributed by atoms with Crippen LogP contribution in [-0.4, -0.2) is 5.91 Å².